The van der Waals surface area contributed by atoms with E-state index in [2.05, 4.69) is 0 Å². The van der Waals surface area contributed by atoms with Crippen molar-refractivity contribution in [3.63, 3.8) is 0 Å². The third-order valence-electron chi connectivity index (χ3n) is 2.29. The normalized spacial score (nSPS) is 46.1. The maximum Gasteiger partial charge on any atom is 0.159 e. The van der Waals surface area contributed by atoms with Gasteiger partial charge >= 0.3 is 0 Å². The van der Waals surface area contributed by atoms with Crippen LogP contribution in [0.15, 0.2) is 0 Å². The summed E-state index contributed by atoms with van der Waals surface area (Å²) in [6, 6.07) is 0. The molecule has 1 saturated heterocycles. The summed E-state index contributed by atoms with van der Waals surface area (Å²) in [5, 5.41) is -0.342. The fourth-order valence-electron chi connectivity index (χ4n) is 1.64. The Kier molecular flexibility index (Phi) is 1.46. The van der Waals surface area contributed by atoms with Gasteiger partial charge in [-0.05, 0) is 12.8 Å². The number of alkyl halides is 1. The Hall–Kier alpha value is -0.0800. The van der Waals surface area contributed by atoms with Crippen molar-refractivity contribution in [2.24, 2.45) is 5.92 Å². The number of halogens is 1. The molecule has 0 radical (unpaired) electrons. The first-order chi connectivity index (χ1) is 4.80. The summed E-state index contributed by atoms with van der Waals surface area (Å²) in [5.74, 6) is 0.322. The Morgan fingerprint density at radius 3 is 3.10 bits per heavy atom. The highest BCUT2D eigenvalue weighted by atomic mass is 35.5. The average Bonchev–Trinajstić information content (AvgIpc) is 2.03. The molecule has 3 atom stereocenters. The second-order valence-electron chi connectivity index (χ2n) is 2.89. The van der Waals surface area contributed by atoms with E-state index in [1.54, 1.807) is 0 Å². The van der Waals surface area contributed by atoms with Gasteiger partial charge in [0, 0.05) is 12.5 Å². The summed E-state index contributed by atoms with van der Waals surface area (Å²) < 4.78 is 5.31. The summed E-state index contributed by atoms with van der Waals surface area (Å²) in [6.07, 6.45) is 2.03. The number of ether oxygens (including phenoxy) is 1. The molecule has 1 heterocycles. The summed E-state index contributed by atoms with van der Waals surface area (Å²) in [7, 11) is 0. The minimum Gasteiger partial charge on any atom is -0.375 e. The molecule has 0 amide bonds. The lowest BCUT2D eigenvalue weighted by Gasteiger charge is -2.42. The standard InChI is InChI=1S/C7H9ClO2/c8-5-6(9)4-2-1-3-10-7(4)5/h4-5,7H,1-3H2/t4-,5+,7-/m0/s1. The topological polar surface area (TPSA) is 26.3 Å². The lowest BCUT2D eigenvalue weighted by molar-refractivity contribution is -0.150. The van der Waals surface area contributed by atoms with Gasteiger partial charge in [-0.1, -0.05) is 0 Å². The van der Waals surface area contributed by atoms with Crippen molar-refractivity contribution in [2.75, 3.05) is 6.61 Å². The van der Waals surface area contributed by atoms with Crippen LogP contribution in [0.1, 0.15) is 12.8 Å². The molecule has 2 fully saturated rings. The first-order valence-electron chi connectivity index (χ1n) is 3.60. The van der Waals surface area contributed by atoms with Crippen LogP contribution < -0.4 is 0 Å². The maximum absolute atomic E-state index is 11.0. The predicted molar refractivity (Wildman–Crippen MR) is 37.1 cm³/mol. The van der Waals surface area contributed by atoms with Crippen molar-refractivity contribution in [2.45, 2.75) is 24.3 Å². The van der Waals surface area contributed by atoms with E-state index in [4.69, 9.17) is 16.3 Å². The summed E-state index contributed by atoms with van der Waals surface area (Å²) in [6.45, 7) is 0.775. The van der Waals surface area contributed by atoms with Crippen LogP contribution in [-0.2, 0) is 9.53 Å². The van der Waals surface area contributed by atoms with Crippen molar-refractivity contribution < 1.29 is 9.53 Å². The molecule has 1 aliphatic carbocycles. The smallest absolute Gasteiger partial charge is 0.159 e. The monoisotopic (exact) mass is 160 g/mol. The van der Waals surface area contributed by atoms with E-state index in [9.17, 15) is 4.79 Å². The first kappa shape index (κ1) is 6.62. The Morgan fingerprint density at radius 1 is 1.60 bits per heavy atom. The second kappa shape index (κ2) is 2.21. The molecule has 1 aliphatic heterocycles. The van der Waals surface area contributed by atoms with Crippen LogP contribution in [0.3, 0.4) is 0 Å². The molecule has 2 aliphatic rings. The zero-order chi connectivity index (χ0) is 7.14. The Balaban J connectivity index is 2.06. The summed E-state index contributed by atoms with van der Waals surface area (Å²) in [4.78, 5) is 11.0. The van der Waals surface area contributed by atoms with Crippen molar-refractivity contribution in [3.05, 3.63) is 0 Å². The highest BCUT2D eigenvalue weighted by Gasteiger charge is 2.50. The molecule has 0 unspecified atom stereocenters. The fraction of sp³-hybridized carbons (Fsp3) is 0.857. The summed E-state index contributed by atoms with van der Waals surface area (Å²) >= 11 is 5.70. The van der Waals surface area contributed by atoms with Gasteiger partial charge in [0.15, 0.2) is 5.78 Å². The number of hydrogen-bond acceptors (Lipinski definition) is 2. The van der Waals surface area contributed by atoms with Crippen LogP contribution in [0.5, 0.6) is 0 Å². The van der Waals surface area contributed by atoms with E-state index < -0.39 is 0 Å². The zero-order valence-corrected chi connectivity index (χ0v) is 6.30. The minimum atomic E-state index is -0.342. The number of ketones is 1. The molecule has 56 valence electrons. The van der Waals surface area contributed by atoms with Gasteiger partial charge in [0.2, 0.25) is 0 Å². The van der Waals surface area contributed by atoms with Gasteiger partial charge in [-0.15, -0.1) is 11.6 Å². The molecule has 0 aromatic rings. The van der Waals surface area contributed by atoms with Crippen molar-refractivity contribution in [1.82, 2.24) is 0 Å². The molecule has 1 saturated carbocycles. The SMILES string of the molecule is O=C1[C@@H](Cl)[C@H]2OCCC[C@@H]12. The summed E-state index contributed by atoms with van der Waals surface area (Å²) in [5.41, 5.74) is 0. The third kappa shape index (κ3) is 0.722. The largest absolute Gasteiger partial charge is 0.375 e. The maximum atomic E-state index is 11.0. The van der Waals surface area contributed by atoms with Gasteiger partial charge < -0.3 is 4.74 Å². The van der Waals surface area contributed by atoms with Crippen LogP contribution in [0, 0.1) is 5.92 Å². The molecule has 0 bridgehead atoms. The van der Waals surface area contributed by atoms with E-state index in [1.807, 2.05) is 0 Å². The van der Waals surface area contributed by atoms with Crippen LogP contribution in [0.25, 0.3) is 0 Å². The molecular formula is C7H9ClO2. The van der Waals surface area contributed by atoms with Gasteiger partial charge in [-0.25, -0.2) is 0 Å². The predicted octanol–water partition coefficient (Wildman–Crippen LogP) is 0.972. The van der Waals surface area contributed by atoms with Crippen LogP contribution in [-0.4, -0.2) is 23.9 Å². The molecule has 10 heavy (non-hydrogen) atoms. The number of hydrogen-bond donors (Lipinski definition) is 0. The highest BCUT2D eigenvalue weighted by molar-refractivity contribution is 6.34. The quantitative estimate of drug-likeness (QED) is 0.494. The molecular weight excluding hydrogens is 152 g/mol. The van der Waals surface area contributed by atoms with E-state index in [1.165, 1.54) is 0 Å². The second-order valence-corrected chi connectivity index (χ2v) is 3.36. The van der Waals surface area contributed by atoms with E-state index in [0.717, 1.165) is 19.4 Å². The number of carbonyl (C=O) groups is 1. The van der Waals surface area contributed by atoms with Crippen molar-refractivity contribution >= 4 is 17.4 Å². The van der Waals surface area contributed by atoms with E-state index in [0.29, 0.717) is 0 Å². The fourth-order valence-corrected chi connectivity index (χ4v) is 2.05. The Labute approximate surface area is 64.5 Å². The third-order valence-corrected chi connectivity index (χ3v) is 2.76. The van der Waals surface area contributed by atoms with Gasteiger partial charge in [0.1, 0.15) is 5.38 Å². The van der Waals surface area contributed by atoms with Crippen LogP contribution in [0.4, 0.5) is 0 Å². The van der Waals surface area contributed by atoms with Crippen molar-refractivity contribution in [3.8, 4) is 0 Å². The molecule has 2 rings (SSSR count). The van der Waals surface area contributed by atoms with Crippen LogP contribution >= 0.6 is 11.6 Å². The van der Waals surface area contributed by atoms with Gasteiger partial charge in [-0.2, -0.15) is 0 Å². The average molecular weight is 161 g/mol. The molecule has 0 spiro atoms. The lowest BCUT2D eigenvalue weighted by atomic mass is 9.75. The molecule has 0 aromatic carbocycles. The number of rotatable bonds is 0. The number of fused-ring (bicyclic) bond motifs is 1. The van der Waals surface area contributed by atoms with Crippen LogP contribution in [0.2, 0.25) is 0 Å². The first-order valence-corrected chi connectivity index (χ1v) is 4.04. The molecule has 0 N–H and O–H groups in total. The number of Topliss-reactive ketones (excluding diaryl/α,β-unsaturated/α-hetero) is 1. The highest BCUT2D eigenvalue weighted by Crippen LogP contribution is 2.37. The van der Waals surface area contributed by atoms with E-state index in [-0.39, 0.29) is 23.2 Å². The lowest BCUT2D eigenvalue weighted by Crippen LogP contribution is -2.56. The van der Waals surface area contributed by atoms with E-state index >= 15 is 0 Å². The van der Waals surface area contributed by atoms with Gasteiger partial charge in [-0.3, -0.25) is 4.79 Å². The van der Waals surface area contributed by atoms with Gasteiger partial charge in [0.05, 0.1) is 6.10 Å². The van der Waals surface area contributed by atoms with Gasteiger partial charge in [0.25, 0.3) is 0 Å². The van der Waals surface area contributed by atoms with Crippen molar-refractivity contribution in [1.29, 1.82) is 0 Å². The minimum absolute atomic E-state index is 0.0444. The number of carbonyl (C=O) groups excluding carboxylic acids is 1. The Morgan fingerprint density at radius 2 is 2.40 bits per heavy atom. The molecule has 3 heteroatoms. The zero-order valence-electron chi connectivity index (χ0n) is 5.55. The molecule has 2 nitrogen and oxygen atoms in total. The molecule has 0 aromatic heterocycles. The Bertz CT molecular complexity index is 169.